The first-order valence-corrected chi connectivity index (χ1v) is 6.97. The molecule has 2 N–H and O–H groups in total. The zero-order chi connectivity index (χ0) is 12.5. The SMILES string of the molecule is COc1ccc(-c2nc(C3CC3)c(CN)s2)cc1. The highest BCUT2D eigenvalue weighted by molar-refractivity contribution is 7.15. The molecule has 0 spiro atoms. The molecule has 1 fully saturated rings. The minimum absolute atomic E-state index is 0.597. The Balaban J connectivity index is 1.95. The number of benzene rings is 1. The van der Waals surface area contributed by atoms with Crippen LogP contribution in [0.4, 0.5) is 0 Å². The zero-order valence-corrected chi connectivity index (χ0v) is 11.2. The van der Waals surface area contributed by atoms with E-state index in [1.807, 2.05) is 12.1 Å². The molecule has 3 nitrogen and oxygen atoms in total. The molecule has 1 saturated carbocycles. The van der Waals surface area contributed by atoms with Gasteiger partial charge in [-0.15, -0.1) is 11.3 Å². The molecule has 0 amide bonds. The van der Waals surface area contributed by atoms with Crippen molar-refractivity contribution >= 4 is 11.3 Å². The number of rotatable bonds is 4. The first-order chi connectivity index (χ1) is 8.81. The lowest BCUT2D eigenvalue weighted by Gasteiger charge is -2.00. The molecule has 4 heteroatoms. The predicted molar refractivity (Wildman–Crippen MR) is 74.0 cm³/mol. The third kappa shape index (κ3) is 2.13. The van der Waals surface area contributed by atoms with E-state index in [1.54, 1.807) is 18.4 Å². The number of nitrogens with zero attached hydrogens (tertiary/aromatic N) is 1. The van der Waals surface area contributed by atoms with Crippen LogP contribution in [-0.4, -0.2) is 12.1 Å². The number of hydrogen-bond donors (Lipinski definition) is 1. The monoisotopic (exact) mass is 260 g/mol. The molecule has 1 aliphatic rings. The van der Waals surface area contributed by atoms with Crippen molar-refractivity contribution in [2.24, 2.45) is 5.73 Å². The van der Waals surface area contributed by atoms with Gasteiger partial charge in [-0.1, -0.05) is 0 Å². The Labute approximate surface area is 111 Å². The Morgan fingerprint density at radius 3 is 2.61 bits per heavy atom. The van der Waals surface area contributed by atoms with Gasteiger partial charge in [0.25, 0.3) is 0 Å². The van der Waals surface area contributed by atoms with Crippen LogP contribution < -0.4 is 10.5 Å². The van der Waals surface area contributed by atoms with E-state index >= 15 is 0 Å². The van der Waals surface area contributed by atoms with Gasteiger partial charge in [-0.05, 0) is 37.1 Å². The van der Waals surface area contributed by atoms with E-state index in [4.69, 9.17) is 15.5 Å². The molecule has 0 atom stereocenters. The lowest BCUT2D eigenvalue weighted by atomic mass is 10.2. The summed E-state index contributed by atoms with van der Waals surface area (Å²) in [5.74, 6) is 1.53. The smallest absolute Gasteiger partial charge is 0.123 e. The summed E-state index contributed by atoms with van der Waals surface area (Å²) in [5.41, 5.74) is 8.17. The van der Waals surface area contributed by atoms with Crippen LogP contribution in [0.25, 0.3) is 10.6 Å². The topological polar surface area (TPSA) is 48.1 Å². The second kappa shape index (κ2) is 4.71. The number of ether oxygens (including phenoxy) is 1. The number of thiazole rings is 1. The van der Waals surface area contributed by atoms with Crippen molar-refractivity contribution in [2.75, 3.05) is 7.11 Å². The Morgan fingerprint density at radius 2 is 2.06 bits per heavy atom. The summed E-state index contributed by atoms with van der Waals surface area (Å²) in [4.78, 5) is 6.01. The molecule has 94 valence electrons. The highest BCUT2D eigenvalue weighted by Gasteiger charge is 2.29. The summed E-state index contributed by atoms with van der Waals surface area (Å²) >= 11 is 1.72. The molecule has 1 aromatic heterocycles. The standard InChI is InChI=1S/C14H16N2OS/c1-17-11-6-4-10(5-7-11)14-16-13(9-2-3-9)12(8-15)18-14/h4-7,9H,2-3,8,15H2,1H3. The fourth-order valence-corrected chi connectivity index (χ4v) is 3.07. The first-order valence-electron chi connectivity index (χ1n) is 6.16. The van der Waals surface area contributed by atoms with Crippen LogP contribution in [0.1, 0.15) is 29.3 Å². The lowest BCUT2D eigenvalue weighted by Crippen LogP contribution is -1.96. The maximum absolute atomic E-state index is 5.80. The summed E-state index contributed by atoms with van der Waals surface area (Å²) in [5, 5.41) is 1.07. The molecule has 0 saturated heterocycles. The average Bonchev–Trinajstić information content (AvgIpc) is 3.18. The summed E-state index contributed by atoms with van der Waals surface area (Å²) < 4.78 is 5.17. The Kier molecular flexibility index (Phi) is 3.06. The van der Waals surface area contributed by atoms with Crippen LogP contribution in [0.3, 0.4) is 0 Å². The molecule has 1 heterocycles. The van der Waals surface area contributed by atoms with Gasteiger partial charge in [0.1, 0.15) is 10.8 Å². The van der Waals surface area contributed by atoms with Crippen molar-refractivity contribution in [1.29, 1.82) is 0 Å². The molecule has 0 aliphatic heterocycles. The van der Waals surface area contributed by atoms with E-state index in [0.717, 1.165) is 16.3 Å². The molecular formula is C14H16N2OS. The minimum Gasteiger partial charge on any atom is -0.497 e. The highest BCUT2D eigenvalue weighted by Crippen LogP contribution is 2.44. The van der Waals surface area contributed by atoms with Crippen molar-refractivity contribution in [2.45, 2.75) is 25.3 Å². The summed E-state index contributed by atoms with van der Waals surface area (Å²) in [6.45, 7) is 0.597. The van der Waals surface area contributed by atoms with Crippen LogP contribution in [0.15, 0.2) is 24.3 Å². The van der Waals surface area contributed by atoms with E-state index in [0.29, 0.717) is 12.5 Å². The van der Waals surface area contributed by atoms with E-state index in [1.165, 1.54) is 23.4 Å². The summed E-state index contributed by atoms with van der Waals surface area (Å²) in [6.07, 6.45) is 2.53. The van der Waals surface area contributed by atoms with Gasteiger partial charge in [-0.3, -0.25) is 0 Å². The Morgan fingerprint density at radius 1 is 1.33 bits per heavy atom. The van der Waals surface area contributed by atoms with Gasteiger partial charge in [-0.2, -0.15) is 0 Å². The molecule has 0 unspecified atom stereocenters. The molecule has 1 aliphatic carbocycles. The molecule has 3 rings (SSSR count). The van der Waals surface area contributed by atoms with E-state index in [2.05, 4.69) is 12.1 Å². The summed E-state index contributed by atoms with van der Waals surface area (Å²) in [6, 6.07) is 8.04. The minimum atomic E-state index is 0.597. The highest BCUT2D eigenvalue weighted by atomic mass is 32.1. The van der Waals surface area contributed by atoms with Crippen LogP contribution in [0, 0.1) is 0 Å². The third-order valence-electron chi connectivity index (χ3n) is 3.21. The van der Waals surface area contributed by atoms with Crippen LogP contribution in [0.5, 0.6) is 5.75 Å². The van der Waals surface area contributed by atoms with Gasteiger partial charge in [0, 0.05) is 22.9 Å². The van der Waals surface area contributed by atoms with Crippen LogP contribution >= 0.6 is 11.3 Å². The quantitative estimate of drug-likeness (QED) is 0.918. The van der Waals surface area contributed by atoms with E-state index < -0.39 is 0 Å². The molecule has 18 heavy (non-hydrogen) atoms. The number of nitrogens with two attached hydrogens (primary N) is 1. The van der Waals surface area contributed by atoms with Gasteiger partial charge in [0.05, 0.1) is 12.8 Å². The van der Waals surface area contributed by atoms with Crippen molar-refractivity contribution in [1.82, 2.24) is 4.98 Å². The fourth-order valence-electron chi connectivity index (χ4n) is 2.04. The number of methoxy groups -OCH3 is 1. The third-order valence-corrected chi connectivity index (χ3v) is 4.36. The molecule has 0 bridgehead atoms. The lowest BCUT2D eigenvalue weighted by molar-refractivity contribution is 0.415. The van der Waals surface area contributed by atoms with Gasteiger partial charge in [-0.25, -0.2) is 4.98 Å². The molecule has 0 radical (unpaired) electrons. The maximum atomic E-state index is 5.80. The van der Waals surface area contributed by atoms with Crippen molar-refractivity contribution in [3.8, 4) is 16.3 Å². The average molecular weight is 260 g/mol. The maximum Gasteiger partial charge on any atom is 0.123 e. The second-order valence-electron chi connectivity index (χ2n) is 4.53. The zero-order valence-electron chi connectivity index (χ0n) is 10.3. The van der Waals surface area contributed by atoms with Crippen molar-refractivity contribution in [3.05, 3.63) is 34.8 Å². The van der Waals surface area contributed by atoms with Gasteiger partial charge in [0.2, 0.25) is 0 Å². The Bertz CT molecular complexity index is 543. The summed E-state index contributed by atoms with van der Waals surface area (Å²) in [7, 11) is 1.68. The predicted octanol–water partition coefficient (Wildman–Crippen LogP) is 3.15. The van der Waals surface area contributed by atoms with E-state index in [-0.39, 0.29) is 0 Å². The van der Waals surface area contributed by atoms with Gasteiger partial charge in [0.15, 0.2) is 0 Å². The van der Waals surface area contributed by atoms with Crippen molar-refractivity contribution in [3.63, 3.8) is 0 Å². The normalized spacial score (nSPS) is 14.8. The largest absolute Gasteiger partial charge is 0.497 e. The molecular weight excluding hydrogens is 244 g/mol. The van der Waals surface area contributed by atoms with Gasteiger partial charge < -0.3 is 10.5 Å². The number of hydrogen-bond acceptors (Lipinski definition) is 4. The molecule has 1 aromatic carbocycles. The first kappa shape index (κ1) is 11.7. The molecule has 2 aromatic rings. The van der Waals surface area contributed by atoms with Gasteiger partial charge >= 0.3 is 0 Å². The second-order valence-corrected chi connectivity index (χ2v) is 5.62. The Hall–Kier alpha value is -1.39. The van der Waals surface area contributed by atoms with Crippen molar-refractivity contribution < 1.29 is 4.74 Å². The van der Waals surface area contributed by atoms with Crippen LogP contribution in [0.2, 0.25) is 0 Å². The van der Waals surface area contributed by atoms with E-state index in [9.17, 15) is 0 Å². The van der Waals surface area contributed by atoms with Crippen LogP contribution in [-0.2, 0) is 6.54 Å². The number of aromatic nitrogens is 1. The fraction of sp³-hybridized carbons (Fsp3) is 0.357.